The Balaban J connectivity index is 2.52. The van der Waals surface area contributed by atoms with Gasteiger partial charge in [-0.05, 0) is 31.5 Å². The van der Waals surface area contributed by atoms with Crippen molar-refractivity contribution in [1.82, 2.24) is 5.32 Å². The van der Waals surface area contributed by atoms with E-state index in [4.69, 9.17) is 11.6 Å². The van der Waals surface area contributed by atoms with E-state index in [1.165, 1.54) is 13.8 Å². The summed E-state index contributed by atoms with van der Waals surface area (Å²) in [6.07, 6.45) is -5.07. The topological polar surface area (TPSA) is 55.4 Å². The predicted octanol–water partition coefficient (Wildman–Crippen LogP) is 3.09. The fraction of sp³-hybridized carbons (Fsp3) is 0.429. The molecule has 0 aliphatic rings. The van der Waals surface area contributed by atoms with Crippen LogP contribution < -0.4 is 5.32 Å². The van der Waals surface area contributed by atoms with Crippen LogP contribution in [0, 0.1) is 5.41 Å². The third kappa shape index (κ3) is 5.55. The number of esters is 1. The third-order valence-corrected chi connectivity index (χ3v) is 3.03. The maximum Gasteiger partial charge on any atom is 0.490 e. The molecule has 0 saturated heterocycles. The van der Waals surface area contributed by atoms with E-state index in [0.717, 1.165) is 5.56 Å². The van der Waals surface area contributed by atoms with Gasteiger partial charge in [0, 0.05) is 11.6 Å². The fourth-order valence-corrected chi connectivity index (χ4v) is 1.54. The van der Waals surface area contributed by atoms with Gasteiger partial charge in [0.05, 0.1) is 5.41 Å². The average Bonchev–Trinajstić information content (AvgIpc) is 2.42. The summed E-state index contributed by atoms with van der Waals surface area (Å²) in [5, 5.41) is 3.12. The molecular weight excluding hydrogens is 323 g/mol. The Kier molecular flexibility index (Phi) is 5.82. The zero-order chi connectivity index (χ0) is 17.0. The van der Waals surface area contributed by atoms with Gasteiger partial charge in [-0.25, -0.2) is 4.79 Å². The number of nitrogens with one attached hydrogen (secondary N) is 1. The lowest BCUT2D eigenvalue weighted by Crippen LogP contribution is -2.41. The van der Waals surface area contributed by atoms with Crippen LogP contribution in [0.4, 0.5) is 13.2 Å². The number of halogens is 4. The third-order valence-electron chi connectivity index (χ3n) is 2.78. The first-order valence-corrected chi connectivity index (χ1v) is 6.67. The van der Waals surface area contributed by atoms with E-state index in [-0.39, 0.29) is 6.54 Å². The average molecular weight is 338 g/mol. The van der Waals surface area contributed by atoms with Crippen LogP contribution in [0.25, 0.3) is 0 Å². The number of rotatable bonds is 5. The van der Waals surface area contributed by atoms with Crippen molar-refractivity contribution in [2.75, 3.05) is 6.61 Å². The van der Waals surface area contributed by atoms with Crippen molar-refractivity contribution in [3.63, 3.8) is 0 Å². The Hall–Kier alpha value is -1.76. The molecule has 4 nitrogen and oxygen atoms in total. The summed E-state index contributed by atoms with van der Waals surface area (Å²) in [7, 11) is 0. The van der Waals surface area contributed by atoms with Crippen LogP contribution in [-0.2, 0) is 20.9 Å². The highest BCUT2D eigenvalue weighted by Gasteiger charge is 2.42. The standard InChI is InChI=1S/C14H15ClF3NO3/c1-13(2,8-22-12(21)14(16,17)18)11(20)19-7-9-3-5-10(15)6-4-9/h3-6H,7-8H2,1-2H3,(H,19,20). The van der Waals surface area contributed by atoms with Crippen molar-refractivity contribution in [3.8, 4) is 0 Å². The predicted molar refractivity (Wildman–Crippen MR) is 74.1 cm³/mol. The normalized spacial score (nSPS) is 11.9. The maximum absolute atomic E-state index is 12.0. The van der Waals surface area contributed by atoms with Crippen LogP contribution in [-0.4, -0.2) is 24.7 Å². The van der Waals surface area contributed by atoms with Crippen molar-refractivity contribution in [1.29, 1.82) is 0 Å². The van der Waals surface area contributed by atoms with Crippen molar-refractivity contribution in [3.05, 3.63) is 34.9 Å². The van der Waals surface area contributed by atoms with Gasteiger partial charge >= 0.3 is 12.1 Å². The molecule has 0 spiro atoms. The van der Waals surface area contributed by atoms with Crippen LogP contribution in [0.5, 0.6) is 0 Å². The van der Waals surface area contributed by atoms with Gasteiger partial charge in [0.1, 0.15) is 6.61 Å². The van der Waals surface area contributed by atoms with Crippen molar-refractivity contribution < 1.29 is 27.5 Å². The molecule has 0 aromatic heterocycles. The van der Waals surface area contributed by atoms with Gasteiger partial charge in [0.15, 0.2) is 0 Å². The molecule has 1 amide bonds. The monoisotopic (exact) mass is 337 g/mol. The molecule has 1 rings (SSSR count). The molecule has 0 fully saturated rings. The van der Waals surface area contributed by atoms with E-state index in [1.54, 1.807) is 24.3 Å². The van der Waals surface area contributed by atoms with Crippen LogP contribution in [0.3, 0.4) is 0 Å². The Morgan fingerprint density at radius 2 is 1.73 bits per heavy atom. The second kappa shape index (κ2) is 7.00. The second-order valence-electron chi connectivity index (χ2n) is 5.27. The van der Waals surface area contributed by atoms with Crippen LogP contribution in [0.15, 0.2) is 24.3 Å². The lowest BCUT2D eigenvalue weighted by atomic mass is 9.93. The molecule has 8 heteroatoms. The highest BCUT2D eigenvalue weighted by molar-refractivity contribution is 6.30. The Morgan fingerprint density at radius 3 is 2.23 bits per heavy atom. The van der Waals surface area contributed by atoms with Gasteiger partial charge in [-0.3, -0.25) is 4.79 Å². The van der Waals surface area contributed by atoms with Gasteiger partial charge in [-0.1, -0.05) is 23.7 Å². The molecular formula is C14H15ClF3NO3. The minimum Gasteiger partial charge on any atom is -0.458 e. The van der Waals surface area contributed by atoms with E-state index in [2.05, 4.69) is 10.1 Å². The van der Waals surface area contributed by atoms with Crippen molar-refractivity contribution >= 4 is 23.5 Å². The number of ether oxygens (including phenoxy) is 1. The number of hydrogen-bond acceptors (Lipinski definition) is 3. The number of amides is 1. The van der Waals surface area contributed by atoms with Crippen LogP contribution in [0.1, 0.15) is 19.4 Å². The number of alkyl halides is 3. The molecule has 0 saturated carbocycles. The summed E-state index contributed by atoms with van der Waals surface area (Å²) < 4.78 is 40.2. The summed E-state index contributed by atoms with van der Waals surface area (Å²) in [5.74, 6) is -2.84. The molecule has 0 unspecified atom stereocenters. The van der Waals surface area contributed by atoms with E-state index in [9.17, 15) is 22.8 Å². The highest BCUT2D eigenvalue weighted by atomic mass is 35.5. The second-order valence-corrected chi connectivity index (χ2v) is 5.70. The molecule has 0 aliphatic carbocycles. The zero-order valence-corrected chi connectivity index (χ0v) is 12.7. The summed E-state index contributed by atoms with van der Waals surface area (Å²) in [6, 6.07) is 6.72. The van der Waals surface area contributed by atoms with E-state index < -0.39 is 30.1 Å². The first-order chi connectivity index (χ1) is 10.0. The first-order valence-electron chi connectivity index (χ1n) is 6.29. The molecule has 0 heterocycles. The quantitative estimate of drug-likeness (QED) is 0.840. The molecule has 1 aromatic carbocycles. The molecule has 22 heavy (non-hydrogen) atoms. The van der Waals surface area contributed by atoms with Crippen molar-refractivity contribution in [2.45, 2.75) is 26.6 Å². The molecule has 0 atom stereocenters. The first kappa shape index (κ1) is 18.3. The zero-order valence-electron chi connectivity index (χ0n) is 12.0. The van der Waals surface area contributed by atoms with Gasteiger partial charge in [0.25, 0.3) is 0 Å². The molecule has 0 aliphatic heterocycles. The smallest absolute Gasteiger partial charge is 0.458 e. The summed E-state index contributed by atoms with van der Waals surface area (Å²) in [4.78, 5) is 22.6. The number of carbonyl (C=O) groups excluding carboxylic acids is 2. The maximum atomic E-state index is 12.0. The Labute approximate surface area is 130 Å². The highest BCUT2D eigenvalue weighted by Crippen LogP contribution is 2.21. The van der Waals surface area contributed by atoms with Crippen LogP contribution >= 0.6 is 11.6 Å². The molecule has 1 N–H and O–H groups in total. The number of hydrogen-bond donors (Lipinski definition) is 1. The minimum absolute atomic E-state index is 0.187. The van der Waals surface area contributed by atoms with Gasteiger partial charge in [0.2, 0.25) is 5.91 Å². The Bertz CT molecular complexity index is 541. The lowest BCUT2D eigenvalue weighted by molar-refractivity contribution is -0.202. The number of carbonyl (C=O) groups is 2. The Morgan fingerprint density at radius 1 is 1.18 bits per heavy atom. The van der Waals surface area contributed by atoms with Crippen molar-refractivity contribution in [2.24, 2.45) is 5.41 Å². The van der Waals surface area contributed by atoms with Gasteiger partial charge in [-0.15, -0.1) is 0 Å². The lowest BCUT2D eigenvalue weighted by Gasteiger charge is -2.23. The fourth-order valence-electron chi connectivity index (χ4n) is 1.42. The molecule has 0 radical (unpaired) electrons. The summed E-state index contributed by atoms with van der Waals surface area (Å²) >= 11 is 5.73. The van der Waals surface area contributed by atoms with Gasteiger partial charge in [-0.2, -0.15) is 13.2 Å². The number of benzene rings is 1. The largest absolute Gasteiger partial charge is 0.490 e. The minimum atomic E-state index is -5.07. The van der Waals surface area contributed by atoms with Gasteiger partial charge < -0.3 is 10.1 Å². The SMILES string of the molecule is CC(C)(COC(=O)C(F)(F)F)C(=O)NCc1ccc(Cl)cc1. The molecule has 1 aromatic rings. The summed E-state index contributed by atoms with van der Waals surface area (Å²) in [6.45, 7) is 2.28. The summed E-state index contributed by atoms with van der Waals surface area (Å²) in [5.41, 5.74) is -0.506. The molecule has 0 bridgehead atoms. The van der Waals surface area contributed by atoms with E-state index in [1.807, 2.05) is 0 Å². The van der Waals surface area contributed by atoms with Crippen LogP contribution in [0.2, 0.25) is 5.02 Å². The van der Waals surface area contributed by atoms with E-state index >= 15 is 0 Å². The van der Waals surface area contributed by atoms with E-state index in [0.29, 0.717) is 5.02 Å². The molecule has 122 valence electrons.